The number of unbranched alkanes of at least 4 members (excludes halogenated alkanes) is 2. The van der Waals surface area contributed by atoms with E-state index in [9.17, 15) is 4.79 Å². The monoisotopic (exact) mass is 393 g/mol. The number of rotatable bonds is 8. The fourth-order valence-corrected chi connectivity index (χ4v) is 3.95. The Kier molecular flexibility index (Phi) is 7.05. The molecule has 0 bridgehead atoms. The van der Waals surface area contributed by atoms with Crippen molar-refractivity contribution in [3.05, 3.63) is 72.1 Å². The molecule has 0 spiro atoms. The van der Waals surface area contributed by atoms with E-state index in [0.29, 0.717) is 0 Å². The Balaban J connectivity index is 0.00000117. The number of hydrogen-bond acceptors (Lipinski definition) is 3. The van der Waals surface area contributed by atoms with E-state index in [1.54, 1.807) is 0 Å². The molecule has 4 aromatic rings. The molecule has 0 saturated carbocycles. The molecule has 2 heterocycles. The first kappa shape index (κ1) is 20.6. The Morgan fingerprint density at radius 2 is 1.69 bits per heavy atom. The Hall–Kier alpha value is -3.09. The van der Waals surface area contributed by atoms with Crippen molar-refractivity contribution in [3.63, 3.8) is 0 Å². The first-order valence-corrected chi connectivity index (χ1v) is 9.83. The summed E-state index contributed by atoms with van der Waals surface area (Å²) in [5, 5.41) is 17.8. The lowest BCUT2D eigenvalue weighted by molar-refractivity contribution is -0.137. The van der Waals surface area contributed by atoms with Crippen molar-refractivity contribution in [1.29, 1.82) is 0 Å². The second-order valence-electron chi connectivity index (χ2n) is 7.15. The van der Waals surface area contributed by atoms with Crippen LogP contribution >= 0.6 is 0 Å². The fraction of sp³-hybridized carbons (Fsp3) is 0.261. The zero-order valence-electron chi connectivity index (χ0n) is 16.3. The van der Waals surface area contributed by atoms with E-state index in [0.717, 1.165) is 36.7 Å². The van der Waals surface area contributed by atoms with Crippen molar-refractivity contribution < 1.29 is 15.1 Å². The van der Waals surface area contributed by atoms with Crippen molar-refractivity contribution in [3.8, 4) is 0 Å². The highest BCUT2D eigenvalue weighted by Gasteiger charge is 2.19. The molecular weight excluding hydrogens is 366 g/mol. The van der Waals surface area contributed by atoms with Gasteiger partial charge in [0.2, 0.25) is 0 Å². The maximum absolute atomic E-state index is 10.7. The second-order valence-corrected chi connectivity index (χ2v) is 7.15. The van der Waals surface area contributed by atoms with Crippen LogP contribution in [0.5, 0.6) is 0 Å². The van der Waals surface area contributed by atoms with Gasteiger partial charge in [-0.25, -0.2) is 5.90 Å². The number of carboxylic acid groups (broad SMARTS) is 1. The molecule has 0 aliphatic heterocycles. The van der Waals surface area contributed by atoms with Crippen LogP contribution in [0, 0.1) is 0 Å². The topological polar surface area (TPSA) is 115 Å². The molecule has 0 aliphatic rings. The molecule has 6 nitrogen and oxygen atoms in total. The van der Waals surface area contributed by atoms with Crippen LogP contribution in [0.4, 0.5) is 0 Å². The standard InChI is InChI=1S/C23H24N2O2.H3NO/c26-23(27)13-3-1-2-9-18(19-15-24-21-12-7-5-10-17(19)21)22-14-16-8-4-6-11-20(16)25-22;1-2/h4-8,10-12,14-15,18,24-25H,1-3,9,13H2,(H,26,27);2H,1H2. The number of para-hydroxylation sites is 2. The van der Waals surface area contributed by atoms with Gasteiger partial charge in [0.15, 0.2) is 0 Å². The minimum atomic E-state index is -0.709. The van der Waals surface area contributed by atoms with Gasteiger partial charge in [0, 0.05) is 40.6 Å². The van der Waals surface area contributed by atoms with Gasteiger partial charge in [0.25, 0.3) is 0 Å². The zero-order chi connectivity index (χ0) is 20.6. The molecule has 0 radical (unpaired) electrons. The minimum Gasteiger partial charge on any atom is -0.481 e. The van der Waals surface area contributed by atoms with E-state index < -0.39 is 5.97 Å². The number of aromatic nitrogens is 2. The maximum Gasteiger partial charge on any atom is 0.303 e. The summed E-state index contributed by atoms with van der Waals surface area (Å²) in [6, 6.07) is 19.0. The molecule has 29 heavy (non-hydrogen) atoms. The molecular formula is C23H27N3O3. The maximum atomic E-state index is 10.7. The molecule has 4 rings (SSSR count). The number of carbonyl (C=O) groups is 1. The summed E-state index contributed by atoms with van der Waals surface area (Å²) in [6.45, 7) is 0. The summed E-state index contributed by atoms with van der Waals surface area (Å²) in [5.74, 6) is 3.05. The zero-order valence-corrected chi connectivity index (χ0v) is 16.3. The average molecular weight is 393 g/mol. The SMILES string of the molecule is NO.O=C(O)CCCCCC(c1cc2ccccc2[nH]1)c1c[nH]c2ccccc12. The van der Waals surface area contributed by atoms with Gasteiger partial charge in [-0.15, -0.1) is 0 Å². The van der Waals surface area contributed by atoms with Crippen molar-refractivity contribution in [2.75, 3.05) is 0 Å². The lowest BCUT2D eigenvalue weighted by Crippen LogP contribution is -2.02. The first-order valence-electron chi connectivity index (χ1n) is 9.83. The molecule has 2 aromatic heterocycles. The highest BCUT2D eigenvalue weighted by Crippen LogP contribution is 2.35. The Morgan fingerprint density at radius 1 is 0.966 bits per heavy atom. The van der Waals surface area contributed by atoms with Crippen molar-refractivity contribution >= 4 is 27.8 Å². The van der Waals surface area contributed by atoms with E-state index >= 15 is 0 Å². The van der Waals surface area contributed by atoms with Gasteiger partial charge >= 0.3 is 5.97 Å². The molecule has 6 N–H and O–H groups in total. The average Bonchev–Trinajstić information content (AvgIpc) is 3.36. The molecule has 0 aliphatic carbocycles. The van der Waals surface area contributed by atoms with Gasteiger partial charge < -0.3 is 20.3 Å². The van der Waals surface area contributed by atoms with Gasteiger partial charge in [0.1, 0.15) is 0 Å². The van der Waals surface area contributed by atoms with Crippen LogP contribution in [0.1, 0.15) is 49.3 Å². The molecule has 0 amide bonds. The summed E-state index contributed by atoms with van der Waals surface area (Å²) in [7, 11) is 0. The van der Waals surface area contributed by atoms with Crippen LogP contribution in [-0.2, 0) is 4.79 Å². The summed E-state index contributed by atoms with van der Waals surface area (Å²) < 4.78 is 0. The fourth-order valence-electron chi connectivity index (χ4n) is 3.95. The van der Waals surface area contributed by atoms with Gasteiger partial charge in [-0.05, 0) is 42.0 Å². The quantitative estimate of drug-likeness (QED) is 0.210. The van der Waals surface area contributed by atoms with Crippen LogP contribution in [0.2, 0.25) is 0 Å². The number of aliphatic carboxylic acids is 1. The Bertz CT molecular complexity index is 1030. The normalized spacial score (nSPS) is 11.9. The van der Waals surface area contributed by atoms with E-state index in [-0.39, 0.29) is 12.3 Å². The summed E-state index contributed by atoms with van der Waals surface area (Å²) in [6.07, 6.45) is 6.05. The number of H-pyrrole nitrogens is 2. The Morgan fingerprint density at radius 3 is 2.45 bits per heavy atom. The minimum absolute atomic E-state index is 0.254. The molecule has 1 atom stereocenters. The van der Waals surface area contributed by atoms with Gasteiger partial charge in [0.05, 0.1) is 0 Å². The van der Waals surface area contributed by atoms with Gasteiger partial charge in [-0.3, -0.25) is 4.79 Å². The summed E-state index contributed by atoms with van der Waals surface area (Å²) in [5.41, 5.74) is 4.83. The number of carboxylic acids is 1. The largest absolute Gasteiger partial charge is 0.481 e. The lowest BCUT2D eigenvalue weighted by Gasteiger charge is -2.15. The first-order chi connectivity index (χ1) is 14.2. The van der Waals surface area contributed by atoms with Crippen LogP contribution in [0.25, 0.3) is 21.8 Å². The molecule has 1 unspecified atom stereocenters. The van der Waals surface area contributed by atoms with Crippen LogP contribution in [0.15, 0.2) is 60.8 Å². The third-order valence-corrected chi connectivity index (χ3v) is 5.31. The molecule has 0 saturated heterocycles. The molecule has 6 heteroatoms. The highest BCUT2D eigenvalue weighted by atomic mass is 16.4. The van der Waals surface area contributed by atoms with Gasteiger partial charge in [-0.2, -0.15) is 0 Å². The van der Waals surface area contributed by atoms with E-state index in [4.69, 9.17) is 10.3 Å². The van der Waals surface area contributed by atoms with E-state index in [2.05, 4.69) is 70.6 Å². The van der Waals surface area contributed by atoms with Crippen LogP contribution in [-0.4, -0.2) is 26.3 Å². The lowest BCUT2D eigenvalue weighted by atomic mass is 9.90. The second kappa shape index (κ2) is 9.91. The predicted octanol–water partition coefficient (Wildman–Crippen LogP) is 5.15. The van der Waals surface area contributed by atoms with E-state index in [1.807, 2.05) is 6.07 Å². The van der Waals surface area contributed by atoms with Gasteiger partial charge in [-0.1, -0.05) is 49.2 Å². The third kappa shape index (κ3) is 4.85. The molecule has 2 aromatic carbocycles. The Labute approximate surface area is 169 Å². The smallest absolute Gasteiger partial charge is 0.303 e. The summed E-state index contributed by atoms with van der Waals surface area (Å²) >= 11 is 0. The summed E-state index contributed by atoms with van der Waals surface area (Å²) in [4.78, 5) is 17.7. The number of nitrogens with two attached hydrogens (primary N) is 1. The molecule has 152 valence electrons. The predicted molar refractivity (Wildman–Crippen MR) is 115 cm³/mol. The highest BCUT2D eigenvalue weighted by molar-refractivity contribution is 5.85. The van der Waals surface area contributed by atoms with Crippen LogP contribution < -0.4 is 5.90 Å². The number of nitrogens with one attached hydrogen (secondary N) is 2. The van der Waals surface area contributed by atoms with Crippen molar-refractivity contribution in [2.45, 2.75) is 38.0 Å². The molecule has 0 fully saturated rings. The number of benzene rings is 2. The van der Waals surface area contributed by atoms with E-state index in [1.165, 1.54) is 22.0 Å². The number of fused-ring (bicyclic) bond motifs is 2. The van der Waals surface area contributed by atoms with Crippen molar-refractivity contribution in [2.24, 2.45) is 5.90 Å². The number of aromatic amines is 2. The number of hydrogen-bond donors (Lipinski definition) is 5. The third-order valence-electron chi connectivity index (χ3n) is 5.31. The van der Waals surface area contributed by atoms with Crippen LogP contribution in [0.3, 0.4) is 0 Å². The van der Waals surface area contributed by atoms with Crippen molar-refractivity contribution in [1.82, 2.24) is 9.97 Å².